The maximum absolute atomic E-state index is 12.0. The van der Waals surface area contributed by atoms with Crippen molar-refractivity contribution >= 4 is 63.7 Å². The van der Waals surface area contributed by atoms with Gasteiger partial charge < -0.3 is 10.4 Å². The predicted molar refractivity (Wildman–Crippen MR) is 80.7 cm³/mol. The van der Waals surface area contributed by atoms with Crippen LogP contribution in [0.15, 0.2) is 24.3 Å². The van der Waals surface area contributed by atoms with Crippen molar-refractivity contribution in [2.24, 2.45) is 0 Å². The molecule has 0 aliphatic rings. The van der Waals surface area contributed by atoms with Crippen LogP contribution in [0.2, 0.25) is 15.1 Å². The Balaban J connectivity index is 2.23. The van der Waals surface area contributed by atoms with E-state index in [9.17, 15) is 9.59 Å². The smallest absolute Gasteiger partial charge is 0.345 e. The summed E-state index contributed by atoms with van der Waals surface area (Å²) < 4.78 is 0. The molecule has 0 unspecified atom stereocenters. The Bertz CT molecular complexity index is 699. The molecule has 0 bridgehead atoms. The number of carbonyl (C=O) groups is 2. The molecule has 0 aliphatic heterocycles. The second kappa shape index (κ2) is 6.01. The summed E-state index contributed by atoms with van der Waals surface area (Å²) in [6, 6.07) is 5.63. The normalized spacial score (nSPS) is 10.3. The number of benzene rings is 1. The van der Waals surface area contributed by atoms with Crippen LogP contribution in [0, 0.1) is 0 Å². The third-order valence-electron chi connectivity index (χ3n) is 2.30. The number of anilines is 1. The summed E-state index contributed by atoms with van der Waals surface area (Å²) in [5.74, 6) is -1.55. The lowest BCUT2D eigenvalue weighted by Gasteiger charge is -2.07. The number of hydrogen-bond donors (Lipinski definition) is 2. The van der Waals surface area contributed by atoms with Crippen molar-refractivity contribution in [3.05, 3.63) is 49.1 Å². The van der Waals surface area contributed by atoms with Crippen LogP contribution in [0.1, 0.15) is 19.3 Å². The van der Waals surface area contributed by atoms with Gasteiger partial charge in [0.25, 0.3) is 5.91 Å². The average molecular weight is 351 g/mol. The molecule has 0 aliphatic carbocycles. The van der Waals surface area contributed by atoms with Crippen molar-refractivity contribution in [1.82, 2.24) is 0 Å². The van der Waals surface area contributed by atoms with Crippen LogP contribution < -0.4 is 5.32 Å². The van der Waals surface area contributed by atoms with Gasteiger partial charge in [-0.2, -0.15) is 0 Å². The molecule has 2 aromatic rings. The van der Waals surface area contributed by atoms with Gasteiger partial charge in [-0.25, -0.2) is 4.79 Å². The first-order valence-electron chi connectivity index (χ1n) is 5.17. The fourth-order valence-corrected chi connectivity index (χ4v) is 2.71. The molecule has 0 saturated carbocycles. The SMILES string of the molecule is O=C(O)c1ccc(C(=O)Nc2cc(Cl)c(Cl)cc2Cl)s1. The number of rotatable bonds is 3. The Morgan fingerprint density at radius 1 is 1.00 bits per heavy atom. The quantitative estimate of drug-likeness (QED) is 0.791. The van der Waals surface area contributed by atoms with Gasteiger partial charge in [0.1, 0.15) is 4.88 Å². The van der Waals surface area contributed by atoms with Crippen molar-refractivity contribution in [2.45, 2.75) is 0 Å². The molecule has 0 spiro atoms. The monoisotopic (exact) mass is 349 g/mol. The van der Waals surface area contributed by atoms with Gasteiger partial charge in [0.2, 0.25) is 0 Å². The molecule has 2 rings (SSSR count). The van der Waals surface area contributed by atoms with Gasteiger partial charge in [-0.1, -0.05) is 34.8 Å². The number of amides is 1. The number of nitrogens with one attached hydrogen (secondary N) is 1. The van der Waals surface area contributed by atoms with Crippen LogP contribution in [0.5, 0.6) is 0 Å². The molecule has 1 aromatic heterocycles. The number of thiophene rings is 1. The maximum atomic E-state index is 12.0. The minimum absolute atomic E-state index is 0.0791. The standard InChI is InChI=1S/C12H6Cl3NO3S/c13-5-3-7(15)8(4-6(5)14)16-11(17)9-1-2-10(20-9)12(18)19/h1-4H,(H,16,17)(H,18,19). The molecule has 20 heavy (non-hydrogen) atoms. The Kier molecular flexibility index (Phi) is 4.55. The van der Waals surface area contributed by atoms with E-state index < -0.39 is 11.9 Å². The second-order valence-corrected chi connectivity index (χ2v) is 5.97. The van der Waals surface area contributed by atoms with Gasteiger partial charge >= 0.3 is 5.97 Å². The summed E-state index contributed by atoms with van der Waals surface area (Å²) in [6.07, 6.45) is 0. The number of aromatic carboxylic acids is 1. The molecule has 0 saturated heterocycles. The molecule has 1 amide bonds. The third-order valence-corrected chi connectivity index (χ3v) is 4.41. The van der Waals surface area contributed by atoms with Crippen molar-refractivity contribution < 1.29 is 14.7 Å². The van der Waals surface area contributed by atoms with E-state index in [1.807, 2.05) is 0 Å². The van der Waals surface area contributed by atoms with Crippen LogP contribution in [-0.2, 0) is 0 Å². The molecular formula is C12H6Cl3NO3S. The van der Waals surface area contributed by atoms with E-state index in [2.05, 4.69) is 5.32 Å². The van der Waals surface area contributed by atoms with E-state index in [4.69, 9.17) is 39.9 Å². The molecule has 8 heteroatoms. The highest BCUT2D eigenvalue weighted by atomic mass is 35.5. The molecule has 0 atom stereocenters. The largest absolute Gasteiger partial charge is 0.477 e. The first kappa shape index (κ1) is 15.1. The summed E-state index contributed by atoms with van der Waals surface area (Å²) in [6.45, 7) is 0. The van der Waals surface area contributed by atoms with E-state index in [0.717, 1.165) is 11.3 Å². The summed E-state index contributed by atoms with van der Waals surface area (Å²) >= 11 is 18.4. The molecule has 1 heterocycles. The molecule has 0 radical (unpaired) electrons. The summed E-state index contributed by atoms with van der Waals surface area (Å²) in [4.78, 5) is 23.1. The highest BCUT2D eigenvalue weighted by Crippen LogP contribution is 2.32. The molecule has 2 N–H and O–H groups in total. The van der Waals surface area contributed by atoms with Crippen molar-refractivity contribution in [3.8, 4) is 0 Å². The van der Waals surface area contributed by atoms with Crippen LogP contribution in [-0.4, -0.2) is 17.0 Å². The fourth-order valence-electron chi connectivity index (χ4n) is 1.38. The minimum Gasteiger partial charge on any atom is -0.477 e. The lowest BCUT2D eigenvalue weighted by Crippen LogP contribution is -2.10. The van der Waals surface area contributed by atoms with Crippen LogP contribution >= 0.6 is 46.1 Å². The Labute approximate surface area is 132 Å². The Hall–Kier alpha value is -1.27. The highest BCUT2D eigenvalue weighted by Gasteiger charge is 2.15. The number of carboxylic acid groups (broad SMARTS) is 1. The van der Waals surface area contributed by atoms with E-state index in [0.29, 0.717) is 5.69 Å². The highest BCUT2D eigenvalue weighted by molar-refractivity contribution is 7.16. The van der Waals surface area contributed by atoms with Gasteiger partial charge in [0, 0.05) is 0 Å². The van der Waals surface area contributed by atoms with Gasteiger partial charge in [-0.3, -0.25) is 4.79 Å². The summed E-state index contributed by atoms with van der Waals surface area (Å²) in [7, 11) is 0. The van der Waals surface area contributed by atoms with Crippen LogP contribution in [0.4, 0.5) is 5.69 Å². The number of carboxylic acids is 1. The van der Waals surface area contributed by atoms with Crippen molar-refractivity contribution in [2.75, 3.05) is 5.32 Å². The second-order valence-electron chi connectivity index (χ2n) is 3.67. The molecule has 104 valence electrons. The summed E-state index contributed by atoms with van der Waals surface area (Å²) in [5.41, 5.74) is 0.302. The van der Waals surface area contributed by atoms with Crippen LogP contribution in [0.3, 0.4) is 0 Å². The average Bonchev–Trinajstić information content (AvgIpc) is 2.85. The first-order valence-corrected chi connectivity index (χ1v) is 7.12. The van der Waals surface area contributed by atoms with E-state index in [1.54, 1.807) is 0 Å². The van der Waals surface area contributed by atoms with E-state index in [-0.39, 0.29) is 24.8 Å². The third kappa shape index (κ3) is 3.24. The molecule has 4 nitrogen and oxygen atoms in total. The number of carbonyl (C=O) groups excluding carboxylic acids is 1. The summed E-state index contributed by atoms with van der Waals surface area (Å²) in [5, 5.41) is 12.1. The van der Waals surface area contributed by atoms with Crippen molar-refractivity contribution in [1.29, 1.82) is 0 Å². The van der Waals surface area contributed by atoms with E-state index in [1.165, 1.54) is 24.3 Å². The van der Waals surface area contributed by atoms with Gasteiger partial charge in [-0.05, 0) is 24.3 Å². The lowest BCUT2D eigenvalue weighted by atomic mass is 10.3. The molecule has 0 fully saturated rings. The topological polar surface area (TPSA) is 66.4 Å². The van der Waals surface area contributed by atoms with Gasteiger partial charge in [-0.15, -0.1) is 11.3 Å². The zero-order valence-electron chi connectivity index (χ0n) is 9.62. The Morgan fingerprint density at radius 3 is 2.20 bits per heavy atom. The molecular weight excluding hydrogens is 345 g/mol. The van der Waals surface area contributed by atoms with Crippen molar-refractivity contribution in [3.63, 3.8) is 0 Å². The zero-order chi connectivity index (χ0) is 14.9. The Morgan fingerprint density at radius 2 is 1.60 bits per heavy atom. The van der Waals surface area contributed by atoms with Gasteiger partial charge in [0.15, 0.2) is 0 Å². The van der Waals surface area contributed by atoms with Crippen LogP contribution in [0.25, 0.3) is 0 Å². The first-order chi connectivity index (χ1) is 9.38. The zero-order valence-corrected chi connectivity index (χ0v) is 12.7. The predicted octanol–water partition coefficient (Wildman–Crippen LogP) is 4.66. The maximum Gasteiger partial charge on any atom is 0.345 e. The lowest BCUT2D eigenvalue weighted by molar-refractivity contribution is 0.0702. The molecule has 1 aromatic carbocycles. The number of halogens is 3. The minimum atomic E-state index is -1.08. The number of hydrogen-bond acceptors (Lipinski definition) is 3. The van der Waals surface area contributed by atoms with E-state index >= 15 is 0 Å². The van der Waals surface area contributed by atoms with Gasteiger partial charge in [0.05, 0.1) is 25.6 Å². The fraction of sp³-hybridized carbons (Fsp3) is 0.